The molecule has 61 heavy (non-hydrogen) atoms. The van der Waals surface area contributed by atoms with E-state index in [-0.39, 0.29) is 78.0 Å². The number of guanidine groups is 1. The minimum Gasteiger partial charge on any atom is -0.459 e. The summed E-state index contributed by atoms with van der Waals surface area (Å²) in [4.78, 5) is 87.4. The third kappa shape index (κ3) is 12.9. The molecule has 2 aliphatic heterocycles. The number of urea groups is 1. The van der Waals surface area contributed by atoms with Crippen LogP contribution < -0.4 is 10.6 Å². The summed E-state index contributed by atoms with van der Waals surface area (Å²) in [6, 6.07) is 34.8. The number of nitrogens with one attached hydrogen (secondary N) is 2. The second-order valence-electron chi connectivity index (χ2n) is 14.2. The van der Waals surface area contributed by atoms with Gasteiger partial charge in [-0.25, -0.2) is 28.9 Å². The maximum atomic E-state index is 13.8. The third-order valence-electron chi connectivity index (χ3n) is 9.96. The van der Waals surface area contributed by atoms with Gasteiger partial charge in [-0.15, -0.1) is 0 Å². The van der Waals surface area contributed by atoms with Gasteiger partial charge >= 0.3 is 30.3 Å². The smallest absolute Gasteiger partial charge is 0.414 e. The molecule has 2 saturated heterocycles. The highest BCUT2D eigenvalue weighted by Gasteiger charge is 2.56. The molecule has 0 aliphatic carbocycles. The van der Waals surface area contributed by atoms with Crippen LogP contribution in [0.2, 0.25) is 0 Å². The number of benzene rings is 4. The number of aliphatic imine (C=N–C) groups is 1. The molecule has 0 radical (unpaired) electrons. The number of likely N-dealkylation sites (tertiary alicyclic amines) is 1. The quantitative estimate of drug-likeness (QED) is 0.0401. The van der Waals surface area contributed by atoms with E-state index in [4.69, 9.17) is 18.9 Å². The average molecular weight is 833 g/mol. The van der Waals surface area contributed by atoms with Gasteiger partial charge < -0.3 is 28.7 Å². The fourth-order valence-electron chi connectivity index (χ4n) is 6.68. The summed E-state index contributed by atoms with van der Waals surface area (Å²) in [5, 5.41) is 4.86. The van der Waals surface area contributed by atoms with E-state index in [1.807, 2.05) is 48.5 Å². The Morgan fingerprint density at radius 3 is 1.56 bits per heavy atom. The van der Waals surface area contributed by atoms with E-state index < -0.39 is 48.1 Å². The van der Waals surface area contributed by atoms with Crippen LogP contribution in [0.3, 0.4) is 0 Å². The molecule has 16 heteroatoms. The molecule has 4 aromatic carbocycles. The van der Waals surface area contributed by atoms with Gasteiger partial charge in [-0.3, -0.25) is 20.4 Å². The van der Waals surface area contributed by atoms with Gasteiger partial charge in [0.15, 0.2) is 6.04 Å². The summed E-state index contributed by atoms with van der Waals surface area (Å²) in [7, 11) is 0. The van der Waals surface area contributed by atoms with Crippen molar-refractivity contribution >= 4 is 42.1 Å². The Kier molecular flexibility index (Phi) is 15.8. The fraction of sp³-hybridized carbons (Fsp3) is 0.311. The zero-order valence-electron chi connectivity index (χ0n) is 33.6. The molecule has 6 amide bonds. The van der Waals surface area contributed by atoms with Crippen LogP contribution in [-0.2, 0) is 54.8 Å². The first-order chi connectivity index (χ1) is 29.7. The summed E-state index contributed by atoms with van der Waals surface area (Å²) in [5.41, 5.74) is 3.27. The number of hydrogen-bond donors (Lipinski definition) is 2. The van der Waals surface area contributed by atoms with E-state index in [2.05, 4.69) is 15.6 Å². The molecular formula is C45H48N6O10. The SMILES string of the molecule is O=C(NC(=NCCCC1C(=O)N(C(=O)N2CCN(C(=O)OCCc3ccccc3)CC2)C1C(=O)OCc1ccccc1)NC(=O)OCc1ccccc1)OCc1ccccc1. The number of carbonyl (C=O) groups excluding carboxylic acids is 6. The monoisotopic (exact) mass is 832 g/mol. The number of β-lactam (4-membered cyclic amide) rings is 1. The summed E-state index contributed by atoms with van der Waals surface area (Å²) in [5.74, 6) is -2.44. The lowest BCUT2D eigenvalue weighted by Crippen LogP contribution is -2.69. The zero-order valence-corrected chi connectivity index (χ0v) is 33.6. The Bertz CT molecular complexity index is 2060. The van der Waals surface area contributed by atoms with E-state index in [0.29, 0.717) is 6.42 Å². The first-order valence-corrected chi connectivity index (χ1v) is 20.0. The van der Waals surface area contributed by atoms with Gasteiger partial charge in [0.2, 0.25) is 11.9 Å². The first kappa shape index (κ1) is 43.4. The Morgan fingerprint density at radius 1 is 0.590 bits per heavy atom. The van der Waals surface area contributed by atoms with Crippen molar-refractivity contribution in [2.45, 2.75) is 45.1 Å². The first-order valence-electron chi connectivity index (χ1n) is 20.0. The summed E-state index contributed by atoms with van der Waals surface area (Å²) < 4.78 is 21.7. The van der Waals surface area contributed by atoms with Crippen molar-refractivity contribution in [3.05, 3.63) is 144 Å². The van der Waals surface area contributed by atoms with Crippen LogP contribution in [0.5, 0.6) is 0 Å². The molecule has 0 bridgehead atoms. The van der Waals surface area contributed by atoms with E-state index >= 15 is 0 Å². The van der Waals surface area contributed by atoms with Gasteiger partial charge in [0, 0.05) is 39.1 Å². The predicted octanol–water partition coefficient (Wildman–Crippen LogP) is 5.66. The van der Waals surface area contributed by atoms with E-state index in [1.54, 1.807) is 72.8 Å². The zero-order chi connectivity index (χ0) is 42.8. The molecule has 2 atom stereocenters. The molecule has 16 nitrogen and oxygen atoms in total. The maximum absolute atomic E-state index is 13.8. The summed E-state index contributed by atoms with van der Waals surface area (Å²) in [6.07, 6.45) is -1.33. The molecule has 318 valence electrons. The van der Waals surface area contributed by atoms with Crippen molar-refractivity contribution < 1.29 is 47.7 Å². The van der Waals surface area contributed by atoms with Crippen molar-refractivity contribution in [1.29, 1.82) is 0 Å². The van der Waals surface area contributed by atoms with Crippen molar-refractivity contribution in [1.82, 2.24) is 25.3 Å². The lowest BCUT2D eigenvalue weighted by molar-refractivity contribution is -0.171. The number of imide groups is 1. The highest BCUT2D eigenvalue weighted by molar-refractivity contribution is 6.08. The lowest BCUT2D eigenvalue weighted by Gasteiger charge is -2.46. The van der Waals surface area contributed by atoms with Gasteiger partial charge in [0.05, 0.1) is 12.5 Å². The van der Waals surface area contributed by atoms with Gasteiger partial charge in [0.1, 0.15) is 19.8 Å². The molecule has 2 heterocycles. The van der Waals surface area contributed by atoms with Crippen LogP contribution in [0.1, 0.15) is 35.1 Å². The van der Waals surface area contributed by atoms with Crippen LogP contribution in [-0.4, -0.2) is 102 Å². The third-order valence-corrected chi connectivity index (χ3v) is 9.96. The second-order valence-corrected chi connectivity index (χ2v) is 14.2. The second kappa shape index (κ2) is 22.2. The highest BCUT2D eigenvalue weighted by atomic mass is 16.6. The largest absolute Gasteiger partial charge is 0.459 e. The average Bonchev–Trinajstić information content (AvgIpc) is 3.29. The van der Waals surface area contributed by atoms with Crippen LogP contribution in [0.15, 0.2) is 126 Å². The minimum atomic E-state index is -1.20. The number of alkyl carbamates (subject to hydrolysis) is 2. The minimum absolute atomic E-state index is 0.000180. The number of esters is 1. The molecule has 2 aliphatic rings. The number of rotatable bonds is 14. The normalized spacial score (nSPS) is 15.7. The summed E-state index contributed by atoms with van der Waals surface area (Å²) >= 11 is 0. The number of ether oxygens (including phenoxy) is 4. The fourth-order valence-corrected chi connectivity index (χ4v) is 6.68. The Morgan fingerprint density at radius 2 is 1.05 bits per heavy atom. The predicted molar refractivity (Wildman–Crippen MR) is 221 cm³/mol. The molecule has 0 saturated carbocycles. The van der Waals surface area contributed by atoms with Gasteiger partial charge in [-0.1, -0.05) is 121 Å². The molecule has 0 aromatic heterocycles. The highest BCUT2D eigenvalue weighted by Crippen LogP contribution is 2.33. The van der Waals surface area contributed by atoms with E-state index in [9.17, 15) is 28.8 Å². The number of carbonyl (C=O) groups is 6. The topological polar surface area (TPSA) is 185 Å². The van der Waals surface area contributed by atoms with Crippen LogP contribution in [0.4, 0.5) is 19.2 Å². The number of piperazine rings is 1. The Labute approximate surface area is 353 Å². The van der Waals surface area contributed by atoms with Gasteiger partial charge in [0.25, 0.3) is 0 Å². The van der Waals surface area contributed by atoms with Crippen LogP contribution in [0, 0.1) is 5.92 Å². The molecule has 2 N–H and O–H groups in total. The standard InChI is InChI=1S/C45H48N6O10/c52-39-37(22-13-24-46-41(47-42(54)60-31-35-18-9-3-10-19-35)48-43(55)61-32-36-20-11-4-12-21-36)38(40(53)59-30-34-16-7-2-8-17-34)51(39)44(56)49-25-27-50(28-26-49)45(57)58-29-23-33-14-5-1-6-15-33/h1-12,14-21,37-38H,13,22-32H2,(H2,46,47,48,54,55). The van der Waals surface area contributed by atoms with Crippen LogP contribution in [0.25, 0.3) is 0 Å². The molecular weight excluding hydrogens is 785 g/mol. The van der Waals surface area contributed by atoms with Crippen molar-refractivity contribution in [3.8, 4) is 0 Å². The lowest BCUT2D eigenvalue weighted by atomic mass is 9.83. The molecule has 2 fully saturated rings. The number of hydrogen-bond acceptors (Lipinski definition) is 11. The van der Waals surface area contributed by atoms with Crippen LogP contribution >= 0.6 is 0 Å². The Hall–Kier alpha value is -7.23. The molecule has 4 aromatic rings. The van der Waals surface area contributed by atoms with E-state index in [1.165, 1.54) is 9.80 Å². The maximum Gasteiger partial charge on any atom is 0.414 e. The van der Waals surface area contributed by atoms with Gasteiger partial charge in [-0.05, 0) is 35.1 Å². The number of amides is 6. The van der Waals surface area contributed by atoms with E-state index in [0.717, 1.165) is 27.2 Å². The van der Waals surface area contributed by atoms with Crippen molar-refractivity contribution in [2.24, 2.45) is 10.9 Å². The van der Waals surface area contributed by atoms with Crippen molar-refractivity contribution in [2.75, 3.05) is 39.3 Å². The molecule has 6 rings (SSSR count). The van der Waals surface area contributed by atoms with Gasteiger partial charge in [-0.2, -0.15) is 0 Å². The van der Waals surface area contributed by atoms with Crippen molar-refractivity contribution in [3.63, 3.8) is 0 Å². The molecule has 2 unspecified atom stereocenters. The number of nitrogens with zero attached hydrogens (tertiary/aromatic N) is 4. The molecule has 0 spiro atoms. The Balaban J connectivity index is 1.05. The summed E-state index contributed by atoms with van der Waals surface area (Å²) in [6.45, 7) is 0.723.